The van der Waals surface area contributed by atoms with Gasteiger partial charge < -0.3 is 4.74 Å². The lowest BCUT2D eigenvalue weighted by Gasteiger charge is -2.08. The first kappa shape index (κ1) is 15.1. The van der Waals surface area contributed by atoms with Gasteiger partial charge in [-0.2, -0.15) is 0 Å². The second kappa shape index (κ2) is 6.26. The van der Waals surface area contributed by atoms with Crippen molar-refractivity contribution in [3.8, 4) is 0 Å². The van der Waals surface area contributed by atoms with E-state index in [1.807, 2.05) is 0 Å². The van der Waals surface area contributed by atoms with Gasteiger partial charge in [-0.25, -0.2) is 8.42 Å². The zero-order valence-electron chi connectivity index (χ0n) is 9.44. The first-order valence-electron chi connectivity index (χ1n) is 4.95. The van der Waals surface area contributed by atoms with Gasteiger partial charge in [0, 0.05) is 0 Å². The monoisotopic (exact) mass is 311 g/mol. The highest BCUT2D eigenvalue weighted by Gasteiger charge is 2.17. The summed E-state index contributed by atoms with van der Waals surface area (Å²) in [7, 11) is -3.81. The Morgan fingerprint density at radius 3 is 2.56 bits per heavy atom. The van der Waals surface area contributed by atoms with E-state index in [4.69, 9.17) is 23.2 Å². The molecule has 0 aliphatic rings. The SMILES string of the molecule is CCOC(=O)CS(=O)(=O)Nc1ccc(Cl)c(Cl)c1. The molecular weight excluding hydrogens is 301 g/mol. The standard InChI is InChI=1S/C10H11Cl2NO4S/c1-2-17-10(14)6-18(15,16)13-7-3-4-8(11)9(12)5-7/h3-5,13H,2,6H2,1H3. The van der Waals surface area contributed by atoms with Gasteiger partial charge in [0.15, 0.2) is 5.75 Å². The molecule has 100 valence electrons. The molecule has 8 heteroatoms. The molecule has 18 heavy (non-hydrogen) atoms. The minimum Gasteiger partial charge on any atom is -0.465 e. The summed E-state index contributed by atoms with van der Waals surface area (Å²) in [5, 5.41) is 0.526. The van der Waals surface area contributed by atoms with Crippen molar-refractivity contribution >= 4 is 44.9 Å². The number of hydrogen-bond donors (Lipinski definition) is 1. The maximum Gasteiger partial charge on any atom is 0.323 e. The molecule has 0 atom stereocenters. The number of anilines is 1. The molecule has 1 aromatic carbocycles. The van der Waals surface area contributed by atoms with Gasteiger partial charge in [0.05, 0.1) is 22.3 Å². The van der Waals surface area contributed by atoms with Crippen molar-refractivity contribution in [2.24, 2.45) is 0 Å². The predicted molar refractivity (Wildman–Crippen MR) is 70.5 cm³/mol. The number of nitrogens with one attached hydrogen (secondary N) is 1. The van der Waals surface area contributed by atoms with Crippen molar-refractivity contribution in [1.82, 2.24) is 0 Å². The van der Waals surface area contributed by atoms with E-state index >= 15 is 0 Å². The van der Waals surface area contributed by atoms with E-state index in [2.05, 4.69) is 9.46 Å². The van der Waals surface area contributed by atoms with Crippen molar-refractivity contribution in [3.63, 3.8) is 0 Å². The number of rotatable bonds is 5. The van der Waals surface area contributed by atoms with Crippen molar-refractivity contribution in [3.05, 3.63) is 28.2 Å². The Kier molecular flexibility index (Phi) is 5.25. The summed E-state index contributed by atoms with van der Waals surface area (Å²) >= 11 is 11.4. The molecule has 0 aromatic heterocycles. The Morgan fingerprint density at radius 1 is 1.33 bits per heavy atom. The van der Waals surface area contributed by atoms with Crippen LogP contribution in [0.4, 0.5) is 5.69 Å². The van der Waals surface area contributed by atoms with Gasteiger partial charge in [-0.05, 0) is 25.1 Å². The molecular formula is C10H11Cl2NO4S. The quantitative estimate of drug-likeness (QED) is 0.847. The fourth-order valence-electron chi connectivity index (χ4n) is 1.13. The van der Waals surface area contributed by atoms with Crippen LogP contribution in [-0.4, -0.2) is 26.7 Å². The topological polar surface area (TPSA) is 72.5 Å². The van der Waals surface area contributed by atoms with E-state index in [1.165, 1.54) is 18.2 Å². The fourth-order valence-corrected chi connectivity index (χ4v) is 2.38. The average Bonchev–Trinajstić information content (AvgIpc) is 2.22. The van der Waals surface area contributed by atoms with Crippen LogP contribution in [-0.2, 0) is 19.6 Å². The van der Waals surface area contributed by atoms with Crippen molar-refractivity contribution < 1.29 is 17.9 Å². The molecule has 1 N–H and O–H groups in total. The predicted octanol–water partition coefficient (Wildman–Crippen LogP) is 2.30. The lowest BCUT2D eigenvalue weighted by atomic mass is 10.3. The van der Waals surface area contributed by atoms with E-state index in [9.17, 15) is 13.2 Å². The summed E-state index contributed by atoms with van der Waals surface area (Å²) in [5.41, 5.74) is 0.230. The second-order valence-corrected chi connectivity index (χ2v) is 5.83. The van der Waals surface area contributed by atoms with Crippen molar-refractivity contribution in [2.75, 3.05) is 17.1 Å². The molecule has 0 heterocycles. The van der Waals surface area contributed by atoms with Gasteiger partial charge in [0.1, 0.15) is 0 Å². The highest BCUT2D eigenvalue weighted by molar-refractivity contribution is 7.93. The van der Waals surface area contributed by atoms with Crippen LogP contribution in [0.2, 0.25) is 10.0 Å². The summed E-state index contributed by atoms with van der Waals surface area (Å²) in [6.45, 7) is 1.72. The molecule has 1 aromatic rings. The first-order chi connectivity index (χ1) is 8.34. The average molecular weight is 312 g/mol. The lowest BCUT2D eigenvalue weighted by Crippen LogP contribution is -2.24. The Morgan fingerprint density at radius 2 is 2.00 bits per heavy atom. The van der Waals surface area contributed by atoms with Crippen LogP contribution >= 0.6 is 23.2 Å². The molecule has 5 nitrogen and oxygen atoms in total. The summed E-state index contributed by atoms with van der Waals surface area (Å²) < 4.78 is 29.9. The molecule has 0 radical (unpaired) electrons. The van der Waals surface area contributed by atoms with Crippen LogP contribution in [0, 0.1) is 0 Å². The third-order valence-electron chi connectivity index (χ3n) is 1.81. The van der Waals surface area contributed by atoms with E-state index < -0.39 is 21.7 Å². The van der Waals surface area contributed by atoms with Gasteiger partial charge in [-0.1, -0.05) is 23.2 Å². The van der Waals surface area contributed by atoms with Gasteiger partial charge in [0.25, 0.3) is 0 Å². The molecule has 0 saturated carbocycles. The van der Waals surface area contributed by atoms with E-state index in [1.54, 1.807) is 6.92 Å². The van der Waals surface area contributed by atoms with Crippen molar-refractivity contribution in [1.29, 1.82) is 0 Å². The molecule has 1 rings (SSSR count). The highest BCUT2D eigenvalue weighted by atomic mass is 35.5. The molecule has 0 fully saturated rings. The molecule has 0 amide bonds. The number of esters is 1. The van der Waals surface area contributed by atoms with Crippen LogP contribution in [0.3, 0.4) is 0 Å². The zero-order chi connectivity index (χ0) is 13.8. The Bertz CT molecular complexity index is 545. The first-order valence-corrected chi connectivity index (χ1v) is 7.36. The fraction of sp³-hybridized carbons (Fsp3) is 0.300. The maximum atomic E-state index is 11.6. The second-order valence-electron chi connectivity index (χ2n) is 3.30. The van der Waals surface area contributed by atoms with E-state index in [0.29, 0.717) is 5.02 Å². The number of sulfonamides is 1. The smallest absolute Gasteiger partial charge is 0.323 e. The zero-order valence-corrected chi connectivity index (χ0v) is 11.8. The maximum absolute atomic E-state index is 11.6. The van der Waals surface area contributed by atoms with Crippen molar-refractivity contribution in [2.45, 2.75) is 6.92 Å². The minimum absolute atomic E-state index is 0.126. The van der Waals surface area contributed by atoms with Crippen LogP contribution in [0.15, 0.2) is 18.2 Å². The van der Waals surface area contributed by atoms with Gasteiger partial charge in [0.2, 0.25) is 10.0 Å². The van der Waals surface area contributed by atoms with Crippen LogP contribution in [0.1, 0.15) is 6.92 Å². The van der Waals surface area contributed by atoms with Crippen LogP contribution < -0.4 is 4.72 Å². The Hall–Kier alpha value is -0.980. The normalized spacial score (nSPS) is 11.1. The third kappa shape index (κ3) is 4.72. The number of ether oxygens (including phenoxy) is 1. The van der Waals surface area contributed by atoms with E-state index in [0.717, 1.165) is 0 Å². The van der Waals surface area contributed by atoms with Crippen LogP contribution in [0.25, 0.3) is 0 Å². The summed E-state index contributed by atoms with van der Waals surface area (Å²) in [6, 6.07) is 4.25. The number of carbonyl (C=O) groups is 1. The number of benzene rings is 1. The van der Waals surface area contributed by atoms with Gasteiger partial charge in [-0.15, -0.1) is 0 Å². The summed E-state index contributed by atoms with van der Waals surface area (Å²) in [4.78, 5) is 11.1. The molecule has 0 unspecified atom stereocenters. The lowest BCUT2D eigenvalue weighted by molar-refractivity contribution is -0.139. The molecule has 0 saturated heterocycles. The largest absolute Gasteiger partial charge is 0.465 e. The Balaban J connectivity index is 2.76. The molecule has 0 aliphatic heterocycles. The number of hydrogen-bond acceptors (Lipinski definition) is 4. The molecule has 0 bridgehead atoms. The summed E-state index contributed by atoms with van der Waals surface area (Å²) in [6.07, 6.45) is 0. The van der Waals surface area contributed by atoms with Crippen LogP contribution in [0.5, 0.6) is 0 Å². The van der Waals surface area contributed by atoms with Gasteiger partial charge in [-0.3, -0.25) is 9.52 Å². The molecule has 0 aliphatic carbocycles. The number of carbonyl (C=O) groups excluding carboxylic acids is 1. The number of halogens is 2. The highest BCUT2D eigenvalue weighted by Crippen LogP contribution is 2.25. The third-order valence-corrected chi connectivity index (χ3v) is 3.71. The Labute approximate surface area is 115 Å². The minimum atomic E-state index is -3.81. The van der Waals surface area contributed by atoms with Gasteiger partial charge >= 0.3 is 5.97 Å². The van der Waals surface area contributed by atoms with E-state index in [-0.39, 0.29) is 17.3 Å². The molecule has 0 spiro atoms. The summed E-state index contributed by atoms with van der Waals surface area (Å²) in [5.74, 6) is -1.56.